The van der Waals surface area contributed by atoms with Gasteiger partial charge in [0.25, 0.3) is 0 Å². The van der Waals surface area contributed by atoms with Gasteiger partial charge < -0.3 is 5.11 Å². The quantitative estimate of drug-likeness (QED) is 0.338. The maximum absolute atomic E-state index is 8.75. The van der Waals surface area contributed by atoms with Gasteiger partial charge in [-0.3, -0.25) is 5.26 Å². The topological polar surface area (TPSA) is 49.7 Å². The van der Waals surface area contributed by atoms with Crippen molar-refractivity contribution in [2.75, 3.05) is 0 Å². The molecule has 3 nitrogen and oxygen atoms in total. The molecule has 0 spiro atoms. The molecular formula is C6H12O3. The second-order valence-electron chi connectivity index (χ2n) is 1.96. The first-order chi connectivity index (χ1) is 4.20. The van der Waals surface area contributed by atoms with Crippen molar-refractivity contribution in [3.8, 4) is 0 Å². The summed E-state index contributed by atoms with van der Waals surface area (Å²) in [6.07, 6.45) is 0.886. The van der Waals surface area contributed by atoms with Crippen LogP contribution in [-0.4, -0.2) is 22.6 Å². The average Bonchev–Trinajstić information content (AvgIpc) is 1.82. The Morgan fingerprint density at radius 3 is 2.44 bits per heavy atom. The highest BCUT2D eigenvalue weighted by Crippen LogP contribution is 2.00. The van der Waals surface area contributed by atoms with Gasteiger partial charge in [0.1, 0.15) is 6.10 Å². The molecule has 0 aromatic heterocycles. The molecule has 0 rings (SSSR count). The van der Waals surface area contributed by atoms with E-state index in [2.05, 4.69) is 11.5 Å². The van der Waals surface area contributed by atoms with E-state index in [1.165, 1.54) is 6.08 Å². The van der Waals surface area contributed by atoms with Gasteiger partial charge in [0.2, 0.25) is 0 Å². The molecule has 9 heavy (non-hydrogen) atoms. The van der Waals surface area contributed by atoms with Gasteiger partial charge in [-0.2, -0.15) is 0 Å². The van der Waals surface area contributed by atoms with Gasteiger partial charge in [-0.25, -0.2) is 4.89 Å². The fourth-order valence-electron chi connectivity index (χ4n) is 0.518. The number of hydrogen-bond donors (Lipinski definition) is 2. The largest absolute Gasteiger partial charge is 0.393 e. The van der Waals surface area contributed by atoms with Crippen LogP contribution in [0.4, 0.5) is 0 Å². The van der Waals surface area contributed by atoms with Crippen molar-refractivity contribution in [2.24, 2.45) is 0 Å². The summed E-state index contributed by atoms with van der Waals surface area (Å²) in [6.45, 7) is 5.01. The Kier molecular flexibility index (Phi) is 4.30. The zero-order valence-corrected chi connectivity index (χ0v) is 5.45. The van der Waals surface area contributed by atoms with Gasteiger partial charge >= 0.3 is 0 Å². The van der Waals surface area contributed by atoms with Crippen LogP contribution < -0.4 is 0 Å². The normalized spacial score (nSPS) is 16.8. The zero-order valence-electron chi connectivity index (χ0n) is 5.45. The summed E-state index contributed by atoms with van der Waals surface area (Å²) >= 11 is 0. The molecule has 0 saturated heterocycles. The minimum Gasteiger partial charge on any atom is -0.393 e. The third kappa shape index (κ3) is 4.14. The molecule has 0 aromatic rings. The van der Waals surface area contributed by atoms with Crippen LogP contribution in [-0.2, 0) is 4.89 Å². The lowest BCUT2D eigenvalue weighted by atomic mass is 10.2. The molecule has 0 radical (unpaired) electrons. The first-order valence-corrected chi connectivity index (χ1v) is 2.81. The molecule has 0 bridgehead atoms. The van der Waals surface area contributed by atoms with E-state index in [9.17, 15) is 0 Å². The molecule has 0 unspecified atom stereocenters. The monoisotopic (exact) mass is 132 g/mol. The first-order valence-electron chi connectivity index (χ1n) is 2.81. The minimum atomic E-state index is -0.472. The second-order valence-corrected chi connectivity index (χ2v) is 1.96. The van der Waals surface area contributed by atoms with Gasteiger partial charge in [0, 0.05) is 6.42 Å². The molecule has 0 aliphatic rings. The molecule has 0 saturated carbocycles. The molecule has 0 heterocycles. The molecule has 2 N–H and O–H groups in total. The molecule has 0 aromatic carbocycles. The van der Waals surface area contributed by atoms with E-state index in [1.54, 1.807) is 6.92 Å². The van der Waals surface area contributed by atoms with Crippen molar-refractivity contribution in [3.63, 3.8) is 0 Å². The zero-order chi connectivity index (χ0) is 7.28. The summed E-state index contributed by atoms with van der Waals surface area (Å²) in [5.74, 6) is 0. The van der Waals surface area contributed by atoms with Crippen LogP contribution in [0.15, 0.2) is 12.7 Å². The number of aliphatic hydroxyl groups is 1. The van der Waals surface area contributed by atoms with Crippen LogP contribution in [0.1, 0.15) is 13.3 Å². The van der Waals surface area contributed by atoms with Crippen molar-refractivity contribution >= 4 is 0 Å². The SMILES string of the molecule is C=C[C@@H](C[C@@H](C)O)OO. The maximum Gasteiger partial charge on any atom is 0.113 e. The standard InChI is InChI=1S/C6H12O3/c1-3-6(9-8)4-5(2)7/h3,5-8H,1,4H2,2H3/t5-,6+/m1/s1. The summed E-state index contributed by atoms with van der Waals surface area (Å²) in [5, 5.41) is 16.8. The van der Waals surface area contributed by atoms with E-state index in [-0.39, 0.29) is 0 Å². The Morgan fingerprint density at radius 1 is 1.78 bits per heavy atom. The second kappa shape index (κ2) is 4.49. The predicted octanol–water partition coefficient (Wildman–Crippen LogP) is 0.801. The van der Waals surface area contributed by atoms with Crippen LogP contribution in [0.2, 0.25) is 0 Å². The van der Waals surface area contributed by atoms with Crippen LogP contribution >= 0.6 is 0 Å². The first kappa shape index (κ1) is 8.62. The van der Waals surface area contributed by atoms with Gasteiger partial charge in [0.15, 0.2) is 0 Å². The summed E-state index contributed by atoms with van der Waals surface area (Å²) in [7, 11) is 0. The molecule has 2 atom stereocenters. The third-order valence-corrected chi connectivity index (χ3v) is 0.972. The molecule has 0 aliphatic carbocycles. The van der Waals surface area contributed by atoms with Crippen molar-refractivity contribution in [3.05, 3.63) is 12.7 Å². The van der Waals surface area contributed by atoms with Crippen LogP contribution in [0.3, 0.4) is 0 Å². The molecular weight excluding hydrogens is 120 g/mol. The lowest BCUT2D eigenvalue weighted by molar-refractivity contribution is -0.269. The summed E-state index contributed by atoms with van der Waals surface area (Å²) in [4.78, 5) is 3.93. The van der Waals surface area contributed by atoms with E-state index in [0.29, 0.717) is 6.42 Å². The van der Waals surface area contributed by atoms with Gasteiger partial charge in [-0.05, 0) is 6.92 Å². The Morgan fingerprint density at radius 2 is 2.33 bits per heavy atom. The molecule has 3 heteroatoms. The van der Waals surface area contributed by atoms with Crippen LogP contribution in [0, 0.1) is 0 Å². The van der Waals surface area contributed by atoms with Crippen molar-refractivity contribution in [1.29, 1.82) is 0 Å². The van der Waals surface area contributed by atoms with Gasteiger partial charge in [-0.1, -0.05) is 6.08 Å². The fraction of sp³-hybridized carbons (Fsp3) is 0.667. The van der Waals surface area contributed by atoms with Crippen LogP contribution in [0.25, 0.3) is 0 Å². The lowest BCUT2D eigenvalue weighted by Crippen LogP contribution is -2.14. The molecule has 0 fully saturated rings. The number of hydrogen-bond acceptors (Lipinski definition) is 3. The molecule has 54 valence electrons. The smallest absolute Gasteiger partial charge is 0.113 e. The van der Waals surface area contributed by atoms with Crippen molar-refractivity contribution in [2.45, 2.75) is 25.6 Å². The molecule has 0 amide bonds. The highest BCUT2D eigenvalue weighted by atomic mass is 17.1. The van der Waals surface area contributed by atoms with Crippen molar-refractivity contribution < 1.29 is 15.3 Å². The predicted molar refractivity (Wildman–Crippen MR) is 34.0 cm³/mol. The highest BCUT2D eigenvalue weighted by molar-refractivity contribution is 4.79. The fourth-order valence-corrected chi connectivity index (χ4v) is 0.518. The highest BCUT2D eigenvalue weighted by Gasteiger charge is 2.06. The minimum absolute atomic E-state index is 0.375. The lowest BCUT2D eigenvalue weighted by Gasteiger charge is -2.08. The summed E-state index contributed by atoms with van der Waals surface area (Å²) in [5.41, 5.74) is 0. The van der Waals surface area contributed by atoms with E-state index in [0.717, 1.165) is 0 Å². The summed E-state index contributed by atoms with van der Waals surface area (Å²) < 4.78 is 0. The van der Waals surface area contributed by atoms with E-state index in [1.807, 2.05) is 0 Å². The number of rotatable bonds is 4. The average molecular weight is 132 g/mol. The van der Waals surface area contributed by atoms with Crippen molar-refractivity contribution in [1.82, 2.24) is 0 Å². The van der Waals surface area contributed by atoms with Gasteiger partial charge in [-0.15, -0.1) is 6.58 Å². The van der Waals surface area contributed by atoms with Gasteiger partial charge in [0.05, 0.1) is 6.10 Å². The van der Waals surface area contributed by atoms with E-state index < -0.39 is 12.2 Å². The number of aliphatic hydroxyl groups excluding tert-OH is 1. The Balaban J connectivity index is 3.42. The third-order valence-electron chi connectivity index (χ3n) is 0.972. The van der Waals surface area contributed by atoms with E-state index >= 15 is 0 Å². The Bertz CT molecular complexity index is 80.4. The Hall–Kier alpha value is -0.380. The maximum atomic E-state index is 8.75. The summed E-state index contributed by atoms with van der Waals surface area (Å²) in [6, 6.07) is 0. The van der Waals surface area contributed by atoms with Crippen LogP contribution in [0.5, 0.6) is 0 Å². The van der Waals surface area contributed by atoms with E-state index in [4.69, 9.17) is 10.4 Å². The Labute approximate surface area is 54.5 Å². The molecule has 0 aliphatic heterocycles.